The Morgan fingerprint density at radius 2 is 1.91 bits per heavy atom. The van der Waals surface area contributed by atoms with Crippen molar-refractivity contribution in [1.29, 1.82) is 0 Å². The van der Waals surface area contributed by atoms with E-state index >= 15 is 0 Å². The van der Waals surface area contributed by atoms with Gasteiger partial charge in [-0.3, -0.25) is 9.59 Å². The summed E-state index contributed by atoms with van der Waals surface area (Å²) in [7, 11) is 1.43. The van der Waals surface area contributed by atoms with Crippen LogP contribution < -0.4 is 20.8 Å². The number of nitrogens with two attached hydrogens (primary N) is 1. The highest BCUT2D eigenvalue weighted by atomic mass is 79.9. The van der Waals surface area contributed by atoms with Gasteiger partial charge < -0.3 is 15.2 Å². The number of ether oxygens (including phenoxy) is 2. The van der Waals surface area contributed by atoms with Crippen LogP contribution in [0.3, 0.4) is 0 Å². The molecule has 2 N–H and O–H groups in total. The summed E-state index contributed by atoms with van der Waals surface area (Å²) >= 11 is 9.86. The van der Waals surface area contributed by atoms with Crippen LogP contribution in [0.15, 0.2) is 75.0 Å². The quantitative estimate of drug-likeness (QED) is 0.352. The molecule has 4 rings (SSSR count). The van der Waals surface area contributed by atoms with Crippen molar-refractivity contribution in [2.45, 2.75) is 0 Å². The molecule has 3 aromatic carbocycles. The molecule has 0 spiro atoms. The first-order chi connectivity index (χ1) is 16.4. The third-order valence-electron chi connectivity index (χ3n) is 4.83. The Balaban J connectivity index is 1.86. The van der Waals surface area contributed by atoms with Gasteiger partial charge in [-0.05, 0) is 34.1 Å². The van der Waals surface area contributed by atoms with E-state index in [0.29, 0.717) is 26.8 Å². The van der Waals surface area contributed by atoms with Crippen molar-refractivity contribution in [1.82, 2.24) is 9.66 Å². The number of nitrogens with zero attached hydrogens (tertiary/aromatic N) is 3. The molecule has 1 heterocycles. The van der Waals surface area contributed by atoms with Crippen molar-refractivity contribution in [2.75, 3.05) is 13.7 Å². The van der Waals surface area contributed by atoms with Crippen molar-refractivity contribution in [2.24, 2.45) is 10.8 Å². The van der Waals surface area contributed by atoms with Crippen LogP contribution in [-0.4, -0.2) is 35.5 Å². The van der Waals surface area contributed by atoms with Gasteiger partial charge in [0.25, 0.3) is 11.5 Å². The first-order valence-electron chi connectivity index (χ1n) is 9.99. The van der Waals surface area contributed by atoms with Gasteiger partial charge in [0.15, 0.2) is 23.9 Å². The number of hydrogen-bond donors (Lipinski definition) is 1. The number of methoxy groups -OCH3 is 1. The molecule has 1 aromatic heterocycles. The van der Waals surface area contributed by atoms with Crippen LogP contribution in [0.25, 0.3) is 22.3 Å². The van der Waals surface area contributed by atoms with E-state index in [4.69, 9.17) is 26.8 Å². The number of halogens is 2. The largest absolute Gasteiger partial charge is 0.493 e. The highest BCUT2D eigenvalue weighted by Crippen LogP contribution is 2.42. The number of benzene rings is 3. The second-order valence-electron chi connectivity index (χ2n) is 7.06. The fourth-order valence-corrected chi connectivity index (χ4v) is 3.91. The predicted octanol–water partition coefficient (Wildman–Crippen LogP) is 4.23. The third-order valence-corrected chi connectivity index (χ3v) is 6.28. The summed E-state index contributed by atoms with van der Waals surface area (Å²) < 4.78 is 12.4. The third kappa shape index (κ3) is 4.66. The Morgan fingerprint density at radius 3 is 2.62 bits per heavy atom. The maximum Gasteiger partial charge on any atom is 0.282 e. The van der Waals surface area contributed by atoms with Gasteiger partial charge in [-0.1, -0.05) is 54.1 Å². The van der Waals surface area contributed by atoms with E-state index < -0.39 is 5.91 Å². The Hall–Kier alpha value is -3.69. The molecular weight excluding hydrogens is 524 g/mol. The lowest BCUT2D eigenvalue weighted by Gasteiger charge is -2.14. The maximum atomic E-state index is 13.3. The molecule has 0 aliphatic carbocycles. The average molecular weight is 542 g/mol. The number of aromatic nitrogens is 2. The zero-order valence-electron chi connectivity index (χ0n) is 17.9. The zero-order valence-corrected chi connectivity index (χ0v) is 20.2. The van der Waals surface area contributed by atoms with E-state index in [9.17, 15) is 9.59 Å². The first kappa shape index (κ1) is 23.5. The normalized spacial score (nSPS) is 11.1. The van der Waals surface area contributed by atoms with Gasteiger partial charge >= 0.3 is 0 Å². The van der Waals surface area contributed by atoms with Gasteiger partial charge in [0.05, 0.1) is 24.2 Å². The molecule has 10 heteroatoms. The Bertz CT molecular complexity index is 1470. The molecular formula is C24H18BrClN4O4. The number of hydrogen-bond acceptors (Lipinski definition) is 6. The standard InChI is InChI=1S/C24H18BrClN4O4/c1-33-18-11-15(20(25)21(26)22(18)34-13-19(27)31)12-28-30-23(14-7-3-2-4-8-14)29-17-10-6-5-9-16(17)24(30)32/h2-12H,13H2,1H3,(H2,27,31). The van der Waals surface area contributed by atoms with Crippen molar-refractivity contribution in [3.8, 4) is 22.9 Å². The topological polar surface area (TPSA) is 109 Å². The molecule has 0 saturated heterocycles. The highest BCUT2D eigenvalue weighted by molar-refractivity contribution is 9.10. The van der Waals surface area contributed by atoms with Crippen LogP contribution in [0.2, 0.25) is 5.02 Å². The fraction of sp³-hybridized carbons (Fsp3) is 0.0833. The van der Waals surface area contributed by atoms with Crippen LogP contribution in [0, 0.1) is 0 Å². The van der Waals surface area contributed by atoms with Crippen molar-refractivity contribution < 1.29 is 14.3 Å². The molecule has 1 amide bonds. The molecule has 4 aromatic rings. The minimum absolute atomic E-state index is 0.154. The minimum Gasteiger partial charge on any atom is -0.493 e. The van der Waals surface area contributed by atoms with E-state index in [0.717, 1.165) is 5.56 Å². The number of carbonyl (C=O) groups is 1. The lowest BCUT2D eigenvalue weighted by Crippen LogP contribution is -2.20. The maximum absolute atomic E-state index is 13.3. The molecule has 0 radical (unpaired) electrons. The summed E-state index contributed by atoms with van der Waals surface area (Å²) in [5.74, 6) is 0.150. The number of para-hydroxylation sites is 1. The molecule has 0 fully saturated rings. The minimum atomic E-state index is -0.656. The summed E-state index contributed by atoms with van der Waals surface area (Å²) in [6, 6.07) is 18.0. The van der Waals surface area contributed by atoms with Gasteiger partial charge in [-0.15, -0.1) is 0 Å². The second-order valence-corrected chi connectivity index (χ2v) is 8.23. The first-order valence-corrected chi connectivity index (χ1v) is 11.2. The average Bonchev–Trinajstić information content (AvgIpc) is 2.85. The van der Waals surface area contributed by atoms with Crippen LogP contribution in [-0.2, 0) is 4.79 Å². The summed E-state index contributed by atoms with van der Waals surface area (Å²) in [6.07, 6.45) is 1.46. The Kier molecular flexibility index (Phi) is 6.95. The van der Waals surface area contributed by atoms with E-state index in [1.54, 1.807) is 24.3 Å². The van der Waals surface area contributed by atoms with Gasteiger partial charge in [0.2, 0.25) is 0 Å². The molecule has 8 nitrogen and oxygen atoms in total. The van der Waals surface area contributed by atoms with Crippen molar-refractivity contribution >= 4 is 50.6 Å². The Labute approximate surface area is 207 Å². The Morgan fingerprint density at radius 1 is 1.21 bits per heavy atom. The molecule has 0 aliphatic rings. The number of rotatable bonds is 7. The van der Waals surface area contributed by atoms with Gasteiger partial charge in [-0.2, -0.15) is 9.78 Å². The van der Waals surface area contributed by atoms with E-state index in [1.165, 1.54) is 18.0 Å². The SMILES string of the molecule is COc1cc(C=Nn2c(-c3ccccc3)nc3ccccc3c2=O)c(Br)c(Cl)c1OCC(N)=O. The summed E-state index contributed by atoms with van der Waals surface area (Å²) in [4.78, 5) is 29.1. The highest BCUT2D eigenvalue weighted by Gasteiger charge is 2.18. The van der Waals surface area contributed by atoms with E-state index in [2.05, 4.69) is 26.0 Å². The zero-order chi connectivity index (χ0) is 24.2. The number of primary amides is 1. The summed E-state index contributed by atoms with van der Waals surface area (Å²) in [5.41, 5.74) is 6.64. The monoisotopic (exact) mass is 540 g/mol. The number of amides is 1. The van der Waals surface area contributed by atoms with Crippen LogP contribution in [0.5, 0.6) is 11.5 Å². The molecule has 172 valence electrons. The van der Waals surface area contributed by atoms with Crippen LogP contribution in [0.4, 0.5) is 0 Å². The second kappa shape index (κ2) is 10.1. The number of fused-ring (bicyclic) bond motifs is 1. The summed E-state index contributed by atoms with van der Waals surface area (Å²) in [6.45, 7) is -0.367. The molecule has 0 unspecified atom stereocenters. The van der Waals surface area contributed by atoms with Gasteiger partial charge in [-0.25, -0.2) is 4.98 Å². The molecule has 0 saturated carbocycles. The summed E-state index contributed by atoms with van der Waals surface area (Å²) in [5, 5.41) is 5.04. The lowest BCUT2D eigenvalue weighted by molar-refractivity contribution is -0.119. The van der Waals surface area contributed by atoms with Gasteiger partial charge in [0.1, 0.15) is 5.02 Å². The van der Waals surface area contributed by atoms with Crippen molar-refractivity contribution in [3.63, 3.8) is 0 Å². The van der Waals surface area contributed by atoms with E-state index in [1.807, 2.05) is 36.4 Å². The van der Waals surface area contributed by atoms with Gasteiger partial charge in [0, 0.05) is 15.6 Å². The molecule has 34 heavy (non-hydrogen) atoms. The fourth-order valence-electron chi connectivity index (χ4n) is 3.25. The predicted molar refractivity (Wildman–Crippen MR) is 135 cm³/mol. The van der Waals surface area contributed by atoms with E-state index in [-0.39, 0.29) is 28.7 Å². The molecule has 0 atom stereocenters. The number of carbonyl (C=O) groups excluding carboxylic acids is 1. The smallest absolute Gasteiger partial charge is 0.282 e. The lowest BCUT2D eigenvalue weighted by atomic mass is 10.2. The molecule has 0 aliphatic heterocycles. The van der Waals surface area contributed by atoms with Crippen LogP contribution >= 0.6 is 27.5 Å². The van der Waals surface area contributed by atoms with Crippen LogP contribution in [0.1, 0.15) is 5.56 Å². The van der Waals surface area contributed by atoms with Crippen molar-refractivity contribution in [3.05, 3.63) is 86.1 Å². The molecule has 0 bridgehead atoms.